The minimum absolute atomic E-state index is 0.306. The Balaban J connectivity index is 2.50. The SMILES string of the molecule is NCc1cnc(-c2ccc(Cl)cc2Cl)nc1N. The number of nitrogens with zero attached hydrogens (tertiary/aromatic N) is 2. The summed E-state index contributed by atoms with van der Waals surface area (Å²) in [7, 11) is 0. The molecule has 0 radical (unpaired) electrons. The Bertz CT molecular complexity index is 557. The van der Waals surface area contributed by atoms with Crippen molar-refractivity contribution < 1.29 is 0 Å². The molecule has 0 bridgehead atoms. The summed E-state index contributed by atoms with van der Waals surface area (Å²) in [6, 6.07) is 5.11. The van der Waals surface area contributed by atoms with Gasteiger partial charge in [-0.05, 0) is 18.2 Å². The van der Waals surface area contributed by atoms with Crippen molar-refractivity contribution in [3.63, 3.8) is 0 Å². The highest BCUT2D eigenvalue weighted by Gasteiger charge is 2.09. The first kappa shape index (κ1) is 12.1. The van der Waals surface area contributed by atoms with Gasteiger partial charge in [0.05, 0.1) is 5.02 Å². The van der Waals surface area contributed by atoms with Crippen LogP contribution in [0.5, 0.6) is 0 Å². The molecule has 0 saturated heterocycles. The fourth-order valence-corrected chi connectivity index (χ4v) is 1.87. The lowest BCUT2D eigenvalue weighted by atomic mass is 10.2. The average Bonchev–Trinajstić information content (AvgIpc) is 2.29. The van der Waals surface area contributed by atoms with E-state index in [4.69, 9.17) is 34.7 Å². The Kier molecular flexibility index (Phi) is 3.47. The maximum atomic E-state index is 6.06. The Morgan fingerprint density at radius 3 is 2.59 bits per heavy atom. The summed E-state index contributed by atoms with van der Waals surface area (Å²) in [6.45, 7) is 0.306. The Morgan fingerprint density at radius 2 is 2.00 bits per heavy atom. The summed E-state index contributed by atoms with van der Waals surface area (Å²) in [5.41, 5.74) is 12.6. The number of hydrogen-bond acceptors (Lipinski definition) is 4. The van der Waals surface area contributed by atoms with E-state index in [1.165, 1.54) is 0 Å². The summed E-state index contributed by atoms with van der Waals surface area (Å²) in [5.74, 6) is 0.824. The molecule has 0 aliphatic heterocycles. The normalized spacial score (nSPS) is 10.5. The Morgan fingerprint density at radius 1 is 1.24 bits per heavy atom. The van der Waals surface area contributed by atoms with E-state index < -0.39 is 0 Å². The van der Waals surface area contributed by atoms with Gasteiger partial charge in [0.2, 0.25) is 0 Å². The van der Waals surface area contributed by atoms with Gasteiger partial charge in [-0.3, -0.25) is 0 Å². The summed E-state index contributed by atoms with van der Waals surface area (Å²) < 4.78 is 0. The maximum Gasteiger partial charge on any atom is 0.163 e. The van der Waals surface area contributed by atoms with Crippen LogP contribution >= 0.6 is 23.2 Å². The Labute approximate surface area is 109 Å². The molecule has 0 spiro atoms. The number of anilines is 1. The molecular weight excluding hydrogens is 259 g/mol. The van der Waals surface area contributed by atoms with Crippen molar-refractivity contribution in [3.05, 3.63) is 40.0 Å². The van der Waals surface area contributed by atoms with Crippen molar-refractivity contribution in [1.82, 2.24) is 9.97 Å². The fourth-order valence-electron chi connectivity index (χ4n) is 1.38. The monoisotopic (exact) mass is 268 g/mol. The number of rotatable bonds is 2. The van der Waals surface area contributed by atoms with Crippen LogP contribution in [-0.2, 0) is 6.54 Å². The van der Waals surface area contributed by atoms with E-state index in [0.717, 1.165) is 0 Å². The van der Waals surface area contributed by atoms with Crippen molar-refractivity contribution in [2.24, 2.45) is 5.73 Å². The van der Waals surface area contributed by atoms with Gasteiger partial charge >= 0.3 is 0 Å². The van der Waals surface area contributed by atoms with Gasteiger partial charge in [0.1, 0.15) is 5.82 Å². The van der Waals surface area contributed by atoms with Crippen molar-refractivity contribution in [2.75, 3.05) is 5.73 Å². The van der Waals surface area contributed by atoms with Crippen LogP contribution in [0.25, 0.3) is 11.4 Å². The van der Waals surface area contributed by atoms with E-state index >= 15 is 0 Å². The van der Waals surface area contributed by atoms with E-state index in [9.17, 15) is 0 Å². The van der Waals surface area contributed by atoms with Crippen molar-refractivity contribution >= 4 is 29.0 Å². The predicted molar refractivity (Wildman–Crippen MR) is 69.8 cm³/mol. The minimum atomic E-state index is 0.306. The zero-order valence-corrected chi connectivity index (χ0v) is 10.3. The van der Waals surface area contributed by atoms with Gasteiger partial charge < -0.3 is 11.5 Å². The third-order valence-electron chi connectivity index (χ3n) is 2.29. The molecule has 1 heterocycles. The third kappa shape index (κ3) is 2.49. The molecule has 6 heteroatoms. The van der Waals surface area contributed by atoms with E-state index in [1.54, 1.807) is 24.4 Å². The van der Waals surface area contributed by atoms with Crippen LogP contribution in [0.1, 0.15) is 5.56 Å². The molecule has 0 atom stereocenters. The van der Waals surface area contributed by atoms with Gasteiger partial charge in [0.15, 0.2) is 5.82 Å². The first-order chi connectivity index (χ1) is 8.11. The second-order valence-electron chi connectivity index (χ2n) is 3.43. The Hall–Kier alpha value is -1.36. The number of nitrogens with two attached hydrogens (primary N) is 2. The summed E-state index contributed by atoms with van der Waals surface area (Å²) in [5, 5.41) is 1.04. The lowest BCUT2D eigenvalue weighted by Crippen LogP contribution is -2.05. The lowest BCUT2D eigenvalue weighted by molar-refractivity contribution is 1.02. The van der Waals surface area contributed by atoms with E-state index in [1.807, 2.05) is 0 Å². The lowest BCUT2D eigenvalue weighted by Gasteiger charge is -2.06. The van der Waals surface area contributed by atoms with Gasteiger partial charge in [-0.1, -0.05) is 23.2 Å². The van der Waals surface area contributed by atoms with Crippen LogP contribution in [0.2, 0.25) is 10.0 Å². The zero-order valence-electron chi connectivity index (χ0n) is 8.82. The number of benzene rings is 1. The van der Waals surface area contributed by atoms with Gasteiger partial charge in [0.25, 0.3) is 0 Å². The smallest absolute Gasteiger partial charge is 0.163 e. The highest BCUT2D eigenvalue weighted by molar-refractivity contribution is 6.36. The van der Waals surface area contributed by atoms with Gasteiger partial charge in [-0.2, -0.15) is 0 Å². The number of nitrogen functional groups attached to an aromatic ring is 1. The molecule has 1 aromatic carbocycles. The molecule has 4 nitrogen and oxygen atoms in total. The highest BCUT2D eigenvalue weighted by Crippen LogP contribution is 2.28. The van der Waals surface area contributed by atoms with Crippen molar-refractivity contribution in [3.8, 4) is 11.4 Å². The van der Waals surface area contributed by atoms with Crippen LogP contribution in [0.4, 0.5) is 5.82 Å². The molecule has 0 aliphatic rings. The highest BCUT2D eigenvalue weighted by atomic mass is 35.5. The molecule has 0 saturated carbocycles. The van der Waals surface area contributed by atoms with Crippen LogP contribution < -0.4 is 11.5 Å². The minimum Gasteiger partial charge on any atom is -0.383 e. The fraction of sp³-hybridized carbons (Fsp3) is 0.0909. The van der Waals surface area contributed by atoms with Gasteiger partial charge in [0, 0.05) is 28.9 Å². The first-order valence-electron chi connectivity index (χ1n) is 4.88. The number of halogens is 2. The number of aromatic nitrogens is 2. The topological polar surface area (TPSA) is 77.8 Å². The molecule has 4 N–H and O–H groups in total. The van der Waals surface area contributed by atoms with Crippen LogP contribution in [0, 0.1) is 0 Å². The summed E-state index contributed by atoms with van der Waals surface area (Å²) in [6.07, 6.45) is 1.60. The van der Waals surface area contributed by atoms with Crippen LogP contribution in [-0.4, -0.2) is 9.97 Å². The van der Waals surface area contributed by atoms with Crippen LogP contribution in [0.15, 0.2) is 24.4 Å². The average molecular weight is 269 g/mol. The van der Waals surface area contributed by atoms with E-state index in [0.29, 0.717) is 39.4 Å². The maximum absolute atomic E-state index is 6.06. The third-order valence-corrected chi connectivity index (χ3v) is 2.84. The van der Waals surface area contributed by atoms with Crippen molar-refractivity contribution in [1.29, 1.82) is 0 Å². The van der Waals surface area contributed by atoms with Gasteiger partial charge in [-0.25, -0.2) is 9.97 Å². The zero-order chi connectivity index (χ0) is 12.4. The molecule has 0 unspecified atom stereocenters. The van der Waals surface area contributed by atoms with Crippen molar-refractivity contribution in [2.45, 2.75) is 6.54 Å². The van der Waals surface area contributed by atoms with E-state index in [2.05, 4.69) is 9.97 Å². The second kappa shape index (κ2) is 4.87. The molecule has 0 fully saturated rings. The quantitative estimate of drug-likeness (QED) is 0.877. The second-order valence-corrected chi connectivity index (χ2v) is 4.28. The van der Waals surface area contributed by atoms with E-state index in [-0.39, 0.29) is 0 Å². The van der Waals surface area contributed by atoms with Gasteiger partial charge in [-0.15, -0.1) is 0 Å². The summed E-state index contributed by atoms with van der Waals surface area (Å²) in [4.78, 5) is 8.34. The van der Waals surface area contributed by atoms with Crippen LogP contribution in [0.3, 0.4) is 0 Å². The number of hydrogen-bond donors (Lipinski definition) is 2. The molecule has 0 amide bonds. The molecule has 0 aliphatic carbocycles. The molecule has 2 rings (SSSR count). The molecule has 2 aromatic rings. The largest absolute Gasteiger partial charge is 0.383 e. The predicted octanol–water partition coefficient (Wildman–Crippen LogP) is 2.49. The standard InChI is InChI=1S/C11H10Cl2N4/c12-7-1-2-8(9(13)3-7)11-16-5-6(4-14)10(15)17-11/h1-3,5H,4,14H2,(H2,15,16,17). The molecule has 88 valence electrons. The molecule has 17 heavy (non-hydrogen) atoms. The molecule has 1 aromatic heterocycles. The first-order valence-corrected chi connectivity index (χ1v) is 5.64. The molecular formula is C11H10Cl2N4. The summed E-state index contributed by atoms with van der Waals surface area (Å²) >= 11 is 11.9.